The molecular formula is C16H27N3O4. The molecule has 0 N–H and O–H groups in total. The number of hydrogen-bond acceptors (Lipinski definition) is 4. The van der Waals surface area contributed by atoms with Crippen molar-refractivity contribution in [1.82, 2.24) is 14.7 Å². The van der Waals surface area contributed by atoms with Gasteiger partial charge < -0.3 is 19.4 Å². The Morgan fingerprint density at radius 3 is 1.96 bits per heavy atom. The SMILES string of the molecule is CCOC(=O)N1CCN(C(=O)C(=O)N2C(C)CCCC2C)CC1. The Morgan fingerprint density at radius 2 is 1.43 bits per heavy atom. The fourth-order valence-electron chi connectivity index (χ4n) is 3.37. The second-order valence-corrected chi connectivity index (χ2v) is 6.32. The fraction of sp³-hybridized carbons (Fsp3) is 0.812. The van der Waals surface area contributed by atoms with E-state index < -0.39 is 11.8 Å². The molecule has 2 aliphatic rings. The van der Waals surface area contributed by atoms with Crippen LogP contribution in [0.5, 0.6) is 0 Å². The number of rotatable bonds is 1. The van der Waals surface area contributed by atoms with Crippen molar-refractivity contribution >= 4 is 17.9 Å². The summed E-state index contributed by atoms with van der Waals surface area (Å²) in [6.07, 6.45) is 2.63. The van der Waals surface area contributed by atoms with Crippen LogP contribution in [0.3, 0.4) is 0 Å². The normalized spacial score (nSPS) is 25.3. The predicted molar refractivity (Wildman–Crippen MR) is 84.8 cm³/mol. The molecule has 2 aliphatic heterocycles. The first-order valence-electron chi connectivity index (χ1n) is 8.49. The van der Waals surface area contributed by atoms with Crippen LogP contribution < -0.4 is 0 Å². The highest BCUT2D eigenvalue weighted by atomic mass is 16.6. The molecule has 2 atom stereocenters. The van der Waals surface area contributed by atoms with E-state index in [-0.39, 0.29) is 18.2 Å². The summed E-state index contributed by atoms with van der Waals surface area (Å²) in [5, 5.41) is 0. The Kier molecular flexibility index (Phi) is 5.85. The van der Waals surface area contributed by atoms with E-state index in [1.54, 1.807) is 21.6 Å². The van der Waals surface area contributed by atoms with Gasteiger partial charge in [0.25, 0.3) is 0 Å². The van der Waals surface area contributed by atoms with Gasteiger partial charge in [-0.25, -0.2) is 4.79 Å². The highest BCUT2D eigenvalue weighted by molar-refractivity contribution is 6.35. The summed E-state index contributed by atoms with van der Waals surface area (Å²) in [5.41, 5.74) is 0. The van der Waals surface area contributed by atoms with Gasteiger partial charge in [0.05, 0.1) is 6.61 Å². The smallest absolute Gasteiger partial charge is 0.409 e. The largest absolute Gasteiger partial charge is 0.450 e. The van der Waals surface area contributed by atoms with Crippen molar-refractivity contribution in [3.63, 3.8) is 0 Å². The maximum Gasteiger partial charge on any atom is 0.409 e. The summed E-state index contributed by atoms with van der Waals surface area (Å²) in [6, 6.07) is 0.215. The van der Waals surface area contributed by atoms with E-state index >= 15 is 0 Å². The molecule has 3 amide bonds. The molecule has 2 rings (SSSR count). The van der Waals surface area contributed by atoms with Crippen LogP contribution >= 0.6 is 0 Å². The number of hydrogen-bond donors (Lipinski definition) is 0. The van der Waals surface area contributed by atoms with Crippen LogP contribution in [0, 0.1) is 0 Å². The van der Waals surface area contributed by atoms with Gasteiger partial charge in [-0.3, -0.25) is 9.59 Å². The molecule has 2 fully saturated rings. The molecule has 0 aromatic rings. The van der Waals surface area contributed by atoms with Gasteiger partial charge in [0.1, 0.15) is 0 Å². The summed E-state index contributed by atoms with van der Waals surface area (Å²) in [7, 11) is 0. The van der Waals surface area contributed by atoms with Crippen molar-refractivity contribution in [3.05, 3.63) is 0 Å². The molecule has 2 saturated heterocycles. The summed E-state index contributed by atoms with van der Waals surface area (Å²) in [4.78, 5) is 41.6. The molecule has 130 valence electrons. The lowest BCUT2D eigenvalue weighted by molar-refractivity contribution is -0.156. The van der Waals surface area contributed by atoms with Crippen LogP contribution in [0.25, 0.3) is 0 Å². The first-order chi connectivity index (χ1) is 11.0. The van der Waals surface area contributed by atoms with E-state index in [1.807, 2.05) is 13.8 Å². The molecule has 0 saturated carbocycles. The van der Waals surface area contributed by atoms with E-state index in [2.05, 4.69) is 0 Å². The van der Waals surface area contributed by atoms with Gasteiger partial charge in [-0.05, 0) is 40.0 Å². The lowest BCUT2D eigenvalue weighted by Crippen LogP contribution is -2.57. The van der Waals surface area contributed by atoms with Gasteiger partial charge in [-0.15, -0.1) is 0 Å². The third kappa shape index (κ3) is 3.95. The molecule has 2 unspecified atom stereocenters. The Hall–Kier alpha value is -1.79. The number of nitrogens with zero attached hydrogens (tertiary/aromatic N) is 3. The highest BCUT2D eigenvalue weighted by Gasteiger charge is 2.36. The summed E-state index contributed by atoms with van der Waals surface area (Å²) < 4.78 is 4.96. The molecule has 7 nitrogen and oxygen atoms in total. The van der Waals surface area contributed by atoms with Gasteiger partial charge >= 0.3 is 17.9 Å². The minimum Gasteiger partial charge on any atom is -0.450 e. The zero-order chi connectivity index (χ0) is 17.0. The number of amides is 3. The van der Waals surface area contributed by atoms with Gasteiger partial charge in [0, 0.05) is 38.3 Å². The van der Waals surface area contributed by atoms with Crippen LogP contribution in [-0.2, 0) is 14.3 Å². The molecule has 2 heterocycles. The van der Waals surface area contributed by atoms with Crippen molar-refractivity contribution in [2.24, 2.45) is 0 Å². The Balaban J connectivity index is 1.91. The van der Waals surface area contributed by atoms with Crippen LogP contribution in [0.2, 0.25) is 0 Å². The quantitative estimate of drug-likeness (QED) is 0.676. The van der Waals surface area contributed by atoms with E-state index in [0.717, 1.165) is 19.3 Å². The third-order valence-electron chi connectivity index (χ3n) is 4.70. The minimum absolute atomic E-state index is 0.107. The van der Waals surface area contributed by atoms with Crippen molar-refractivity contribution < 1.29 is 19.1 Å². The average molecular weight is 325 g/mol. The minimum atomic E-state index is -0.450. The summed E-state index contributed by atoms with van der Waals surface area (Å²) >= 11 is 0. The van der Waals surface area contributed by atoms with E-state index in [0.29, 0.717) is 32.8 Å². The van der Waals surface area contributed by atoms with Crippen molar-refractivity contribution in [2.75, 3.05) is 32.8 Å². The summed E-state index contributed by atoms with van der Waals surface area (Å²) in [6.45, 7) is 7.66. The molecule has 0 aliphatic carbocycles. The first kappa shape index (κ1) is 17.6. The molecular weight excluding hydrogens is 298 g/mol. The van der Waals surface area contributed by atoms with E-state index in [9.17, 15) is 14.4 Å². The number of carbonyl (C=O) groups is 3. The first-order valence-corrected chi connectivity index (χ1v) is 8.49. The maximum atomic E-state index is 12.6. The average Bonchev–Trinajstić information content (AvgIpc) is 2.54. The Morgan fingerprint density at radius 1 is 0.913 bits per heavy atom. The second kappa shape index (κ2) is 7.66. The topological polar surface area (TPSA) is 70.2 Å². The maximum absolute atomic E-state index is 12.6. The monoisotopic (exact) mass is 325 g/mol. The number of carbonyl (C=O) groups excluding carboxylic acids is 3. The van der Waals surface area contributed by atoms with Gasteiger partial charge in [0.2, 0.25) is 0 Å². The van der Waals surface area contributed by atoms with Gasteiger partial charge in [-0.1, -0.05) is 0 Å². The predicted octanol–water partition coefficient (Wildman–Crippen LogP) is 1.08. The standard InChI is InChI=1S/C16H27N3O4/c1-4-23-16(22)18-10-8-17(9-11-18)14(20)15(21)19-12(2)6-5-7-13(19)3/h12-13H,4-11H2,1-3H3. The molecule has 7 heteroatoms. The Bertz CT molecular complexity index is 450. The molecule has 0 spiro atoms. The number of likely N-dealkylation sites (tertiary alicyclic amines) is 1. The van der Waals surface area contributed by atoms with E-state index in [4.69, 9.17) is 4.74 Å². The molecule has 0 aromatic carbocycles. The van der Waals surface area contributed by atoms with Crippen molar-refractivity contribution in [3.8, 4) is 0 Å². The highest BCUT2D eigenvalue weighted by Crippen LogP contribution is 2.23. The lowest BCUT2D eigenvalue weighted by atomic mass is 9.97. The number of piperidine rings is 1. The van der Waals surface area contributed by atoms with E-state index in [1.165, 1.54) is 0 Å². The molecule has 23 heavy (non-hydrogen) atoms. The van der Waals surface area contributed by atoms with Crippen molar-refractivity contribution in [2.45, 2.75) is 52.1 Å². The zero-order valence-corrected chi connectivity index (χ0v) is 14.3. The fourth-order valence-corrected chi connectivity index (χ4v) is 3.37. The second-order valence-electron chi connectivity index (χ2n) is 6.32. The van der Waals surface area contributed by atoms with Crippen LogP contribution in [0.4, 0.5) is 4.79 Å². The zero-order valence-electron chi connectivity index (χ0n) is 14.3. The summed E-state index contributed by atoms with van der Waals surface area (Å²) in [5.74, 6) is -0.858. The number of piperazine rings is 1. The molecule has 0 bridgehead atoms. The van der Waals surface area contributed by atoms with Gasteiger partial charge in [0.15, 0.2) is 0 Å². The molecule has 0 aromatic heterocycles. The Labute approximate surface area is 137 Å². The third-order valence-corrected chi connectivity index (χ3v) is 4.70. The lowest BCUT2D eigenvalue weighted by Gasteiger charge is -2.40. The van der Waals surface area contributed by atoms with Gasteiger partial charge in [-0.2, -0.15) is 0 Å². The van der Waals surface area contributed by atoms with Crippen LogP contribution in [0.15, 0.2) is 0 Å². The number of ether oxygens (including phenoxy) is 1. The van der Waals surface area contributed by atoms with Crippen LogP contribution in [0.1, 0.15) is 40.0 Å². The molecule has 0 radical (unpaired) electrons. The van der Waals surface area contributed by atoms with Crippen molar-refractivity contribution in [1.29, 1.82) is 0 Å². The van der Waals surface area contributed by atoms with Crippen LogP contribution in [-0.4, -0.2) is 77.5 Å².